The van der Waals surface area contributed by atoms with Crippen LogP contribution in [0.5, 0.6) is 5.75 Å². The highest BCUT2D eigenvalue weighted by molar-refractivity contribution is 5.29. The molecule has 1 aromatic carbocycles. The number of benzene rings is 1. The second-order valence-corrected chi connectivity index (χ2v) is 6.14. The minimum absolute atomic E-state index is 0.184. The van der Waals surface area contributed by atoms with Crippen molar-refractivity contribution < 1.29 is 14.2 Å². The SMILES string of the molecule is OC1(COc2ccc(CNC3CC3)cc2F)CCCC1. The van der Waals surface area contributed by atoms with E-state index in [2.05, 4.69) is 5.32 Å². The van der Waals surface area contributed by atoms with Crippen LogP contribution in [0.2, 0.25) is 0 Å². The van der Waals surface area contributed by atoms with Crippen molar-refractivity contribution in [3.63, 3.8) is 0 Å². The number of nitrogens with one attached hydrogen (secondary N) is 1. The first-order valence-electron chi connectivity index (χ1n) is 7.52. The van der Waals surface area contributed by atoms with Gasteiger partial charge in [0, 0.05) is 12.6 Å². The number of hydrogen-bond acceptors (Lipinski definition) is 3. The van der Waals surface area contributed by atoms with E-state index in [1.54, 1.807) is 6.07 Å². The lowest BCUT2D eigenvalue weighted by Gasteiger charge is -2.22. The Kier molecular flexibility index (Phi) is 3.94. The average molecular weight is 279 g/mol. The monoisotopic (exact) mass is 279 g/mol. The van der Waals surface area contributed by atoms with Crippen molar-refractivity contribution in [2.45, 2.75) is 56.7 Å². The first-order valence-corrected chi connectivity index (χ1v) is 7.52. The first kappa shape index (κ1) is 13.8. The zero-order chi connectivity index (χ0) is 14.0. The van der Waals surface area contributed by atoms with E-state index in [1.807, 2.05) is 6.07 Å². The molecule has 0 atom stereocenters. The average Bonchev–Trinajstić information content (AvgIpc) is 3.17. The molecule has 20 heavy (non-hydrogen) atoms. The largest absolute Gasteiger partial charge is 0.488 e. The van der Waals surface area contributed by atoms with Gasteiger partial charge in [-0.15, -0.1) is 0 Å². The predicted octanol–water partition coefficient (Wildman–Crippen LogP) is 2.76. The van der Waals surface area contributed by atoms with Crippen LogP contribution < -0.4 is 10.1 Å². The summed E-state index contributed by atoms with van der Waals surface area (Å²) in [7, 11) is 0. The van der Waals surface area contributed by atoms with E-state index < -0.39 is 5.60 Å². The van der Waals surface area contributed by atoms with Crippen molar-refractivity contribution >= 4 is 0 Å². The molecular formula is C16H22FNO2. The Morgan fingerprint density at radius 3 is 2.70 bits per heavy atom. The number of ether oxygens (including phenoxy) is 1. The summed E-state index contributed by atoms with van der Waals surface area (Å²) in [6, 6.07) is 5.68. The molecular weight excluding hydrogens is 257 g/mol. The summed E-state index contributed by atoms with van der Waals surface area (Å²) in [4.78, 5) is 0. The maximum Gasteiger partial charge on any atom is 0.165 e. The number of halogens is 1. The van der Waals surface area contributed by atoms with Crippen molar-refractivity contribution in [2.24, 2.45) is 0 Å². The highest BCUT2D eigenvalue weighted by Crippen LogP contribution is 2.30. The molecule has 2 N–H and O–H groups in total. The minimum atomic E-state index is -0.765. The van der Waals surface area contributed by atoms with Crippen molar-refractivity contribution in [3.8, 4) is 5.75 Å². The molecule has 3 nitrogen and oxygen atoms in total. The molecule has 3 rings (SSSR count). The third kappa shape index (κ3) is 3.49. The third-order valence-corrected chi connectivity index (χ3v) is 4.20. The lowest BCUT2D eigenvalue weighted by Crippen LogP contribution is -2.32. The van der Waals surface area contributed by atoms with Gasteiger partial charge < -0.3 is 15.2 Å². The molecule has 2 saturated carbocycles. The van der Waals surface area contributed by atoms with Gasteiger partial charge in [0.05, 0.1) is 5.60 Å². The zero-order valence-corrected chi connectivity index (χ0v) is 11.7. The van der Waals surface area contributed by atoms with Gasteiger partial charge >= 0.3 is 0 Å². The lowest BCUT2D eigenvalue weighted by molar-refractivity contribution is 0.000326. The van der Waals surface area contributed by atoms with Crippen LogP contribution in [-0.4, -0.2) is 23.4 Å². The van der Waals surface area contributed by atoms with Crippen LogP contribution in [0.4, 0.5) is 4.39 Å². The predicted molar refractivity (Wildman–Crippen MR) is 75.2 cm³/mol. The third-order valence-electron chi connectivity index (χ3n) is 4.20. The highest BCUT2D eigenvalue weighted by Gasteiger charge is 2.32. The molecule has 0 aliphatic heterocycles. The molecule has 0 spiro atoms. The maximum absolute atomic E-state index is 14.0. The minimum Gasteiger partial charge on any atom is -0.488 e. The molecule has 0 aromatic heterocycles. The molecule has 0 radical (unpaired) electrons. The Labute approximate surface area is 119 Å². The van der Waals surface area contributed by atoms with Gasteiger partial charge in [-0.25, -0.2) is 4.39 Å². The van der Waals surface area contributed by atoms with Gasteiger partial charge in [0.1, 0.15) is 6.61 Å². The first-order chi connectivity index (χ1) is 9.65. The highest BCUT2D eigenvalue weighted by atomic mass is 19.1. The van der Waals surface area contributed by atoms with E-state index in [1.165, 1.54) is 18.9 Å². The zero-order valence-electron chi connectivity index (χ0n) is 11.7. The molecule has 0 saturated heterocycles. The van der Waals surface area contributed by atoms with Gasteiger partial charge in [-0.2, -0.15) is 0 Å². The van der Waals surface area contributed by atoms with Crippen LogP contribution in [0.25, 0.3) is 0 Å². The molecule has 4 heteroatoms. The summed E-state index contributed by atoms with van der Waals surface area (Å²) in [5, 5.41) is 13.5. The van der Waals surface area contributed by atoms with Crippen LogP contribution in [-0.2, 0) is 6.54 Å². The van der Waals surface area contributed by atoms with Crippen LogP contribution in [0.3, 0.4) is 0 Å². The Balaban J connectivity index is 1.55. The van der Waals surface area contributed by atoms with E-state index in [4.69, 9.17) is 4.74 Å². The van der Waals surface area contributed by atoms with E-state index >= 15 is 0 Å². The molecule has 2 fully saturated rings. The summed E-state index contributed by atoms with van der Waals surface area (Å²) in [6.07, 6.45) is 5.99. The quantitative estimate of drug-likeness (QED) is 0.841. The molecule has 0 unspecified atom stereocenters. The fourth-order valence-corrected chi connectivity index (χ4v) is 2.71. The molecule has 2 aliphatic rings. The second-order valence-electron chi connectivity index (χ2n) is 6.14. The Bertz CT molecular complexity index is 468. The van der Waals surface area contributed by atoms with Crippen molar-refractivity contribution in [3.05, 3.63) is 29.6 Å². The summed E-state index contributed by atoms with van der Waals surface area (Å²) in [6.45, 7) is 0.884. The molecule has 110 valence electrons. The Morgan fingerprint density at radius 1 is 1.30 bits per heavy atom. The fraction of sp³-hybridized carbons (Fsp3) is 0.625. The lowest BCUT2D eigenvalue weighted by atomic mass is 10.0. The van der Waals surface area contributed by atoms with Crippen LogP contribution in [0.15, 0.2) is 18.2 Å². The number of rotatable bonds is 6. The second kappa shape index (κ2) is 5.70. The van der Waals surface area contributed by atoms with Crippen LogP contribution >= 0.6 is 0 Å². The summed E-state index contributed by atoms with van der Waals surface area (Å²) >= 11 is 0. The van der Waals surface area contributed by atoms with Crippen LogP contribution in [0, 0.1) is 5.82 Å². The van der Waals surface area contributed by atoms with Crippen molar-refractivity contribution in [1.82, 2.24) is 5.32 Å². The Morgan fingerprint density at radius 2 is 2.05 bits per heavy atom. The van der Waals surface area contributed by atoms with Gasteiger partial charge in [-0.05, 0) is 43.4 Å². The fourth-order valence-electron chi connectivity index (χ4n) is 2.71. The van der Waals surface area contributed by atoms with E-state index in [0.29, 0.717) is 12.6 Å². The summed E-state index contributed by atoms with van der Waals surface area (Å²) < 4.78 is 19.4. The number of aliphatic hydroxyl groups is 1. The van der Waals surface area contributed by atoms with Gasteiger partial charge in [-0.1, -0.05) is 18.9 Å². The van der Waals surface area contributed by atoms with Gasteiger partial charge in [0.15, 0.2) is 11.6 Å². The number of hydrogen-bond donors (Lipinski definition) is 2. The molecule has 2 aliphatic carbocycles. The smallest absolute Gasteiger partial charge is 0.165 e. The molecule has 0 bridgehead atoms. The molecule has 0 amide bonds. The van der Waals surface area contributed by atoms with Crippen LogP contribution in [0.1, 0.15) is 44.1 Å². The maximum atomic E-state index is 14.0. The van der Waals surface area contributed by atoms with E-state index in [0.717, 1.165) is 31.2 Å². The molecule has 1 aromatic rings. The van der Waals surface area contributed by atoms with E-state index in [-0.39, 0.29) is 18.2 Å². The summed E-state index contributed by atoms with van der Waals surface area (Å²) in [5.74, 6) is -0.109. The Hall–Kier alpha value is -1.13. The molecule has 0 heterocycles. The standard InChI is InChI=1S/C16H22FNO2/c17-14-9-12(10-18-13-4-5-13)3-6-15(14)20-11-16(19)7-1-2-8-16/h3,6,9,13,18-19H,1-2,4-5,7-8,10-11H2. The van der Waals surface area contributed by atoms with E-state index in [9.17, 15) is 9.50 Å². The van der Waals surface area contributed by atoms with Crippen molar-refractivity contribution in [1.29, 1.82) is 0 Å². The van der Waals surface area contributed by atoms with Crippen molar-refractivity contribution in [2.75, 3.05) is 6.61 Å². The van der Waals surface area contributed by atoms with Gasteiger partial charge in [0.2, 0.25) is 0 Å². The topological polar surface area (TPSA) is 41.5 Å². The normalized spacial score (nSPS) is 21.1. The summed E-state index contributed by atoms with van der Waals surface area (Å²) in [5.41, 5.74) is 0.167. The van der Waals surface area contributed by atoms with Gasteiger partial charge in [-0.3, -0.25) is 0 Å². The van der Waals surface area contributed by atoms with Gasteiger partial charge in [0.25, 0.3) is 0 Å².